The summed E-state index contributed by atoms with van der Waals surface area (Å²) in [6, 6.07) is 12.6. The maximum atomic E-state index is 13.1. The lowest BCUT2D eigenvalue weighted by atomic mass is 10.0. The van der Waals surface area contributed by atoms with Gasteiger partial charge in [-0.2, -0.15) is 5.10 Å². The summed E-state index contributed by atoms with van der Waals surface area (Å²) in [6.07, 6.45) is 1.48. The number of rotatable bonds is 7. The van der Waals surface area contributed by atoms with E-state index in [1.165, 1.54) is 20.4 Å². The molecule has 1 aliphatic rings. The Balaban J connectivity index is 1.56. The van der Waals surface area contributed by atoms with Crippen molar-refractivity contribution in [2.75, 3.05) is 33.9 Å². The SMILES string of the molecule is COCC(=O)N[C@@H]1CN(C(=O)c2ccc(OC)nc2)C[C@H]1c1nc(-c2ccccc2)n[nH]1. The molecule has 1 aliphatic heterocycles. The largest absolute Gasteiger partial charge is 0.481 e. The van der Waals surface area contributed by atoms with Crippen LogP contribution in [0.5, 0.6) is 5.88 Å². The highest BCUT2D eigenvalue weighted by atomic mass is 16.5. The Kier molecular flexibility index (Phi) is 6.41. The minimum atomic E-state index is -0.343. The van der Waals surface area contributed by atoms with Crippen LogP contribution < -0.4 is 10.1 Å². The van der Waals surface area contributed by atoms with E-state index in [-0.39, 0.29) is 30.4 Å². The smallest absolute Gasteiger partial charge is 0.255 e. The van der Waals surface area contributed by atoms with Gasteiger partial charge in [0.2, 0.25) is 11.8 Å². The maximum Gasteiger partial charge on any atom is 0.255 e. The Bertz CT molecular complexity index is 1070. The second-order valence-corrected chi connectivity index (χ2v) is 7.42. The van der Waals surface area contributed by atoms with E-state index in [9.17, 15) is 9.59 Å². The lowest BCUT2D eigenvalue weighted by molar-refractivity contribution is -0.125. The molecule has 1 saturated heterocycles. The Hall–Kier alpha value is -3.79. The predicted octanol–water partition coefficient (Wildman–Crippen LogP) is 1.25. The van der Waals surface area contributed by atoms with Crippen molar-refractivity contribution in [3.63, 3.8) is 0 Å². The van der Waals surface area contributed by atoms with Gasteiger partial charge in [-0.3, -0.25) is 14.7 Å². The zero-order valence-corrected chi connectivity index (χ0v) is 17.8. The molecule has 166 valence electrons. The third-order valence-electron chi connectivity index (χ3n) is 5.31. The van der Waals surface area contributed by atoms with E-state index >= 15 is 0 Å². The summed E-state index contributed by atoms with van der Waals surface area (Å²) in [6.45, 7) is 0.629. The van der Waals surface area contributed by atoms with E-state index in [0.29, 0.717) is 36.2 Å². The maximum absolute atomic E-state index is 13.1. The number of likely N-dealkylation sites (tertiary alicyclic amines) is 1. The molecule has 2 aromatic heterocycles. The molecule has 4 rings (SSSR count). The van der Waals surface area contributed by atoms with Gasteiger partial charge in [-0.25, -0.2) is 9.97 Å². The summed E-state index contributed by atoms with van der Waals surface area (Å²) >= 11 is 0. The molecule has 32 heavy (non-hydrogen) atoms. The molecule has 0 radical (unpaired) electrons. The average molecular weight is 436 g/mol. The number of nitrogens with one attached hydrogen (secondary N) is 2. The van der Waals surface area contributed by atoms with Crippen LogP contribution in [0, 0.1) is 0 Å². The van der Waals surface area contributed by atoms with Crippen molar-refractivity contribution >= 4 is 11.8 Å². The predicted molar refractivity (Wildman–Crippen MR) is 115 cm³/mol. The molecule has 0 unspecified atom stereocenters. The number of aromatic nitrogens is 4. The van der Waals surface area contributed by atoms with Crippen LogP contribution >= 0.6 is 0 Å². The molecule has 3 heterocycles. The van der Waals surface area contributed by atoms with Crippen LogP contribution in [0.1, 0.15) is 22.1 Å². The molecule has 0 spiro atoms. The number of aromatic amines is 1. The van der Waals surface area contributed by atoms with Crippen LogP contribution in [-0.4, -0.2) is 76.8 Å². The summed E-state index contributed by atoms with van der Waals surface area (Å²) in [5.41, 5.74) is 1.32. The van der Waals surface area contributed by atoms with Crippen LogP contribution in [-0.2, 0) is 9.53 Å². The molecule has 10 heteroatoms. The van der Waals surface area contributed by atoms with E-state index in [2.05, 4.69) is 25.5 Å². The fourth-order valence-electron chi connectivity index (χ4n) is 3.74. The van der Waals surface area contributed by atoms with Crippen molar-refractivity contribution in [3.8, 4) is 17.3 Å². The Morgan fingerprint density at radius 1 is 1.16 bits per heavy atom. The van der Waals surface area contributed by atoms with E-state index in [0.717, 1.165) is 5.56 Å². The van der Waals surface area contributed by atoms with Gasteiger partial charge in [0.05, 0.1) is 24.6 Å². The second-order valence-electron chi connectivity index (χ2n) is 7.42. The van der Waals surface area contributed by atoms with Crippen LogP contribution in [0.4, 0.5) is 0 Å². The molecule has 2 atom stereocenters. The van der Waals surface area contributed by atoms with Crippen LogP contribution in [0.3, 0.4) is 0 Å². The average Bonchev–Trinajstić information content (AvgIpc) is 3.47. The lowest BCUT2D eigenvalue weighted by Gasteiger charge is -2.17. The van der Waals surface area contributed by atoms with Crippen LogP contribution in [0.2, 0.25) is 0 Å². The van der Waals surface area contributed by atoms with Gasteiger partial charge in [-0.15, -0.1) is 0 Å². The Labute approximate surface area is 185 Å². The summed E-state index contributed by atoms with van der Waals surface area (Å²) in [4.78, 5) is 35.7. The minimum Gasteiger partial charge on any atom is -0.481 e. The zero-order chi connectivity index (χ0) is 22.5. The first-order valence-corrected chi connectivity index (χ1v) is 10.1. The Morgan fingerprint density at radius 3 is 2.66 bits per heavy atom. The third-order valence-corrected chi connectivity index (χ3v) is 5.31. The van der Waals surface area contributed by atoms with Crippen molar-refractivity contribution in [3.05, 3.63) is 60.0 Å². The van der Waals surface area contributed by atoms with Gasteiger partial charge in [0.1, 0.15) is 12.4 Å². The molecule has 1 fully saturated rings. The quantitative estimate of drug-likeness (QED) is 0.571. The fraction of sp³-hybridized carbons (Fsp3) is 0.318. The number of H-pyrrole nitrogens is 1. The van der Waals surface area contributed by atoms with Gasteiger partial charge in [0, 0.05) is 38.0 Å². The number of amides is 2. The highest BCUT2D eigenvalue weighted by molar-refractivity contribution is 5.94. The molecule has 2 amide bonds. The normalized spacial score (nSPS) is 17.9. The van der Waals surface area contributed by atoms with E-state index in [4.69, 9.17) is 9.47 Å². The van der Waals surface area contributed by atoms with Gasteiger partial charge >= 0.3 is 0 Å². The molecule has 3 aromatic rings. The van der Waals surface area contributed by atoms with Gasteiger partial charge in [0.25, 0.3) is 5.91 Å². The van der Waals surface area contributed by atoms with Crippen molar-refractivity contribution in [1.82, 2.24) is 30.4 Å². The molecular formula is C22H24N6O4. The van der Waals surface area contributed by atoms with E-state index in [1.54, 1.807) is 17.0 Å². The molecule has 2 N–H and O–H groups in total. The first-order chi connectivity index (χ1) is 15.6. The third kappa shape index (κ3) is 4.59. The first-order valence-electron chi connectivity index (χ1n) is 10.1. The van der Waals surface area contributed by atoms with Gasteiger partial charge in [0.15, 0.2) is 5.82 Å². The van der Waals surface area contributed by atoms with Gasteiger partial charge in [-0.1, -0.05) is 30.3 Å². The number of carbonyl (C=O) groups excluding carboxylic acids is 2. The summed E-state index contributed by atoms with van der Waals surface area (Å²) in [5, 5.41) is 10.3. The Morgan fingerprint density at radius 2 is 1.97 bits per heavy atom. The summed E-state index contributed by atoms with van der Waals surface area (Å²) < 4.78 is 9.99. The number of hydrogen-bond donors (Lipinski definition) is 2. The molecule has 1 aromatic carbocycles. The number of nitrogens with zero attached hydrogens (tertiary/aromatic N) is 4. The molecule has 0 saturated carbocycles. The highest BCUT2D eigenvalue weighted by Crippen LogP contribution is 2.28. The number of benzene rings is 1. The van der Waals surface area contributed by atoms with Crippen molar-refractivity contribution in [1.29, 1.82) is 0 Å². The number of carbonyl (C=O) groups is 2. The lowest BCUT2D eigenvalue weighted by Crippen LogP contribution is -2.42. The second kappa shape index (κ2) is 9.56. The highest BCUT2D eigenvalue weighted by Gasteiger charge is 2.39. The number of ether oxygens (including phenoxy) is 2. The monoisotopic (exact) mass is 436 g/mol. The summed E-state index contributed by atoms with van der Waals surface area (Å²) in [7, 11) is 2.98. The molecule has 0 bridgehead atoms. The van der Waals surface area contributed by atoms with Crippen molar-refractivity contribution in [2.45, 2.75) is 12.0 Å². The fourth-order valence-corrected chi connectivity index (χ4v) is 3.74. The van der Waals surface area contributed by atoms with E-state index < -0.39 is 0 Å². The van der Waals surface area contributed by atoms with E-state index in [1.807, 2.05) is 30.3 Å². The number of pyridine rings is 1. The minimum absolute atomic E-state index is 0.0642. The van der Waals surface area contributed by atoms with Gasteiger partial charge < -0.3 is 19.7 Å². The molecule has 0 aliphatic carbocycles. The molecular weight excluding hydrogens is 412 g/mol. The first kappa shape index (κ1) is 21.4. The van der Waals surface area contributed by atoms with Crippen molar-refractivity contribution in [2.24, 2.45) is 0 Å². The summed E-state index contributed by atoms with van der Waals surface area (Å²) in [5.74, 6) is 0.903. The topological polar surface area (TPSA) is 122 Å². The van der Waals surface area contributed by atoms with Crippen LogP contribution in [0.15, 0.2) is 48.7 Å². The standard InChI is InChI=1S/C22H24N6O4/c1-31-13-18(29)24-17-12-28(22(30)15-8-9-19(32-2)23-10-15)11-16(17)21-25-20(26-27-21)14-6-4-3-5-7-14/h3-10,16-17H,11-13H2,1-2H3,(H,24,29)(H,25,26,27)/t16-,17-/m1/s1. The molecule has 10 nitrogen and oxygen atoms in total. The van der Waals surface area contributed by atoms with Gasteiger partial charge in [-0.05, 0) is 6.07 Å². The van der Waals surface area contributed by atoms with Crippen LogP contribution in [0.25, 0.3) is 11.4 Å². The zero-order valence-electron chi connectivity index (χ0n) is 17.8. The number of methoxy groups -OCH3 is 2. The number of hydrogen-bond acceptors (Lipinski definition) is 7. The van der Waals surface area contributed by atoms with Crippen molar-refractivity contribution < 1.29 is 19.1 Å².